The Morgan fingerprint density at radius 1 is 0.512 bits per heavy atom. The third-order valence-corrected chi connectivity index (χ3v) is 8.31. The molecule has 0 aromatic carbocycles. The van der Waals surface area contributed by atoms with Gasteiger partial charge in [0.15, 0.2) is 6.10 Å². The van der Waals surface area contributed by atoms with Crippen molar-refractivity contribution < 1.29 is 24.2 Å². The van der Waals surface area contributed by atoms with Crippen molar-refractivity contribution in [2.45, 2.75) is 206 Å². The number of carbonyl (C=O) groups is 2. The SMILES string of the molecule is CCCCCCCC/C=C\CCCCCCCCCC(=O)OC(CO)COC(=O)CCCCCCCCCCCCCC. The number of hydrogen-bond acceptors (Lipinski definition) is 5. The maximum Gasteiger partial charge on any atom is 0.306 e. The van der Waals surface area contributed by atoms with Crippen molar-refractivity contribution in [1.29, 1.82) is 0 Å². The van der Waals surface area contributed by atoms with Crippen molar-refractivity contribution in [3.05, 3.63) is 12.2 Å². The molecule has 0 aromatic rings. The third-order valence-electron chi connectivity index (χ3n) is 8.31. The average molecular weight is 609 g/mol. The molecule has 5 nitrogen and oxygen atoms in total. The Hall–Kier alpha value is -1.36. The largest absolute Gasteiger partial charge is 0.462 e. The highest BCUT2D eigenvalue weighted by Crippen LogP contribution is 2.14. The molecule has 0 aliphatic rings. The lowest BCUT2D eigenvalue weighted by atomic mass is 10.0. The molecule has 0 amide bonds. The zero-order chi connectivity index (χ0) is 31.5. The summed E-state index contributed by atoms with van der Waals surface area (Å²) < 4.78 is 10.6. The normalized spacial score (nSPS) is 12.2. The Morgan fingerprint density at radius 2 is 0.860 bits per heavy atom. The van der Waals surface area contributed by atoms with E-state index in [1.807, 2.05) is 0 Å². The second-order valence-corrected chi connectivity index (χ2v) is 12.7. The van der Waals surface area contributed by atoms with E-state index in [1.54, 1.807) is 0 Å². The Bertz CT molecular complexity index is 617. The molecule has 43 heavy (non-hydrogen) atoms. The minimum Gasteiger partial charge on any atom is -0.462 e. The Morgan fingerprint density at radius 3 is 1.26 bits per heavy atom. The highest BCUT2D eigenvalue weighted by molar-refractivity contribution is 5.70. The predicted molar refractivity (Wildman–Crippen MR) is 182 cm³/mol. The first kappa shape index (κ1) is 41.6. The van der Waals surface area contributed by atoms with Gasteiger partial charge >= 0.3 is 11.9 Å². The molecular weight excluding hydrogens is 536 g/mol. The number of carbonyl (C=O) groups excluding carboxylic acids is 2. The minimum absolute atomic E-state index is 0.0619. The topological polar surface area (TPSA) is 72.8 Å². The summed E-state index contributed by atoms with van der Waals surface area (Å²) in [5.74, 6) is -0.588. The first-order valence-corrected chi connectivity index (χ1v) is 18.7. The smallest absolute Gasteiger partial charge is 0.306 e. The van der Waals surface area contributed by atoms with Crippen LogP contribution in [-0.4, -0.2) is 36.4 Å². The fourth-order valence-electron chi connectivity index (χ4n) is 5.43. The van der Waals surface area contributed by atoms with Crippen LogP contribution in [0.4, 0.5) is 0 Å². The van der Waals surface area contributed by atoms with Gasteiger partial charge in [-0.25, -0.2) is 0 Å². The monoisotopic (exact) mass is 609 g/mol. The molecule has 0 saturated heterocycles. The summed E-state index contributed by atoms with van der Waals surface area (Å²) in [7, 11) is 0. The van der Waals surface area contributed by atoms with Crippen LogP contribution in [0.5, 0.6) is 0 Å². The van der Waals surface area contributed by atoms with Gasteiger partial charge in [-0.2, -0.15) is 0 Å². The fourth-order valence-corrected chi connectivity index (χ4v) is 5.43. The second kappa shape index (κ2) is 35.1. The van der Waals surface area contributed by atoms with Gasteiger partial charge in [-0.05, 0) is 38.5 Å². The summed E-state index contributed by atoms with van der Waals surface area (Å²) in [6, 6.07) is 0. The van der Waals surface area contributed by atoms with E-state index in [2.05, 4.69) is 26.0 Å². The highest BCUT2D eigenvalue weighted by atomic mass is 16.6. The summed E-state index contributed by atoms with van der Waals surface area (Å²) >= 11 is 0. The predicted octanol–water partition coefficient (Wildman–Crippen LogP) is 11.3. The van der Waals surface area contributed by atoms with E-state index in [9.17, 15) is 14.7 Å². The van der Waals surface area contributed by atoms with Crippen LogP contribution >= 0.6 is 0 Å². The van der Waals surface area contributed by atoms with Crippen molar-refractivity contribution in [1.82, 2.24) is 0 Å². The fraction of sp³-hybridized carbons (Fsp3) is 0.895. The zero-order valence-corrected chi connectivity index (χ0v) is 28.7. The molecule has 0 aliphatic heterocycles. The van der Waals surface area contributed by atoms with E-state index < -0.39 is 6.10 Å². The zero-order valence-electron chi connectivity index (χ0n) is 28.7. The number of hydrogen-bond donors (Lipinski definition) is 1. The number of aliphatic hydroxyl groups is 1. The molecule has 0 spiro atoms. The molecule has 0 aromatic heterocycles. The maximum absolute atomic E-state index is 12.1. The molecule has 254 valence electrons. The van der Waals surface area contributed by atoms with E-state index in [0.717, 1.165) is 38.5 Å². The molecule has 0 rings (SSSR count). The van der Waals surface area contributed by atoms with Crippen LogP contribution in [0.1, 0.15) is 200 Å². The van der Waals surface area contributed by atoms with Gasteiger partial charge in [-0.1, -0.05) is 161 Å². The molecule has 0 radical (unpaired) electrons. The van der Waals surface area contributed by atoms with E-state index in [4.69, 9.17) is 9.47 Å². The number of ether oxygens (including phenoxy) is 2. The van der Waals surface area contributed by atoms with Crippen LogP contribution in [0.2, 0.25) is 0 Å². The van der Waals surface area contributed by atoms with Crippen LogP contribution in [0.3, 0.4) is 0 Å². The van der Waals surface area contributed by atoms with Gasteiger partial charge in [-0.15, -0.1) is 0 Å². The molecule has 0 saturated carbocycles. The average Bonchev–Trinajstić information content (AvgIpc) is 3.01. The molecule has 5 heteroatoms. The Kier molecular flexibility index (Phi) is 34.0. The number of esters is 2. The van der Waals surface area contributed by atoms with E-state index in [0.29, 0.717) is 12.8 Å². The van der Waals surface area contributed by atoms with Crippen LogP contribution in [-0.2, 0) is 19.1 Å². The van der Waals surface area contributed by atoms with Crippen molar-refractivity contribution >= 4 is 11.9 Å². The number of unbranched alkanes of at least 4 members (excludes halogenated alkanes) is 24. The van der Waals surface area contributed by atoms with Crippen LogP contribution < -0.4 is 0 Å². The van der Waals surface area contributed by atoms with Gasteiger partial charge in [0.1, 0.15) is 6.61 Å². The summed E-state index contributed by atoms with van der Waals surface area (Å²) in [4.78, 5) is 24.2. The Balaban J connectivity index is 3.54. The van der Waals surface area contributed by atoms with Crippen molar-refractivity contribution in [2.24, 2.45) is 0 Å². The second-order valence-electron chi connectivity index (χ2n) is 12.7. The van der Waals surface area contributed by atoms with E-state index >= 15 is 0 Å². The van der Waals surface area contributed by atoms with E-state index in [-0.39, 0.29) is 25.2 Å². The molecule has 1 unspecified atom stereocenters. The van der Waals surface area contributed by atoms with Gasteiger partial charge in [0.2, 0.25) is 0 Å². The summed E-state index contributed by atoms with van der Waals surface area (Å²) in [5, 5.41) is 9.52. The highest BCUT2D eigenvalue weighted by Gasteiger charge is 2.16. The summed E-state index contributed by atoms with van der Waals surface area (Å²) in [6.45, 7) is 4.13. The van der Waals surface area contributed by atoms with Crippen molar-refractivity contribution in [3.8, 4) is 0 Å². The first-order valence-electron chi connectivity index (χ1n) is 18.7. The molecule has 0 aliphatic carbocycles. The van der Waals surface area contributed by atoms with Gasteiger partial charge in [0, 0.05) is 12.8 Å². The minimum atomic E-state index is -0.765. The third kappa shape index (κ3) is 33.4. The molecule has 1 atom stereocenters. The number of allylic oxidation sites excluding steroid dienone is 2. The molecule has 0 bridgehead atoms. The van der Waals surface area contributed by atoms with Gasteiger partial charge in [0.05, 0.1) is 6.61 Å². The summed E-state index contributed by atoms with van der Waals surface area (Å²) in [6.07, 6.45) is 38.4. The van der Waals surface area contributed by atoms with Crippen LogP contribution in [0.15, 0.2) is 12.2 Å². The lowest BCUT2D eigenvalue weighted by Gasteiger charge is -2.15. The quantitative estimate of drug-likeness (QED) is 0.0447. The van der Waals surface area contributed by atoms with E-state index in [1.165, 1.54) is 135 Å². The van der Waals surface area contributed by atoms with Gasteiger partial charge < -0.3 is 14.6 Å². The number of aliphatic hydroxyl groups excluding tert-OH is 1. The van der Waals surface area contributed by atoms with Crippen LogP contribution in [0, 0.1) is 0 Å². The molecular formula is C38H72O5. The Labute approximate surface area is 267 Å². The van der Waals surface area contributed by atoms with Gasteiger partial charge in [-0.3, -0.25) is 9.59 Å². The maximum atomic E-state index is 12.1. The molecule has 0 fully saturated rings. The van der Waals surface area contributed by atoms with Crippen LogP contribution in [0.25, 0.3) is 0 Å². The lowest BCUT2D eigenvalue weighted by molar-refractivity contribution is -0.161. The summed E-state index contributed by atoms with van der Waals surface area (Å²) in [5.41, 5.74) is 0. The van der Waals surface area contributed by atoms with Gasteiger partial charge in [0.25, 0.3) is 0 Å². The first-order chi connectivity index (χ1) is 21.1. The lowest BCUT2D eigenvalue weighted by Crippen LogP contribution is -2.28. The molecule has 1 N–H and O–H groups in total. The standard InChI is InChI=1S/C38H72O5/c1-3-5-7-9-11-13-15-17-18-19-20-21-23-25-27-29-31-33-38(41)43-36(34-39)35-42-37(40)32-30-28-26-24-22-16-14-12-10-8-6-4-2/h17-18,36,39H,3-16,19-35H2,1-2H3/b18-17-. The number of rotatable bonds is 34. The van der Waals surface area contributed by atoms with Crippen molar-refractivity contribution in [3.63, 3.8) is 0 Å². The van der Waals surface area contributed by atoms with Crippen molar-refractivity contribution in [2.75, 3.05) is 13.2 Å². The molecule has 0 heterocycles.